The second kappa shape index (κ2) is 7.57. The highest BCUT2D eigenvalue weighted by Gasteiger charge is 2.13. The van der Waals surface area contributed by atoms with Gasteiger partial charge in [-0.05, 0) is 83.5 Å². The van der Waals surface area contributed by atoms with Gasteiger partial charge in [0.05, 0.1) is 0 Å². The molecule has 0 nitrogen and oxygen atoms in total. The first-order valence-electron chi connectivity index (χ1n) is 11.8. The lowest BCUT2D eigenvalue weighted by Gasteiger charge is -2.16. The topological polar surface area (TPSA) is 0 Å². The van der Waals surface area contributed by atoms with E-state index in [4.69, 9.17) is 0 Å². The average Bonchev–Trinajstić information content (AvgIpc) is 2.91. The van der Waals surface area contributed by atoms with Crippen molar-refractivity contribution in [2.45, 2.75) is 0 Å². The maximum absolute atomic E-state index is 2.36. The Morgan fingerprint density at radius 2 is 0.853 bits per heavy atom. The van der Waals surface area contributed by atoms with Crippen LogP contribution in [-0.2, 0) is 0 Å². The Balaban J connectivity index is 1.57. The highest BCUT2D eigenvalue weighted by atomic mass is 14.2. The molecule has 158 valence electrons. The molecule has 0 amide bonds. The molecule has 0 fully saturated rings. The van der Waals surface area contributed by atoms with Crippen molar-refractivity contribution in [1.82, 2.24) is 0 Å². The van der Waals surface area contributed by atoms with Crippen molar-refractivity contribution in [3.05, 3.63) is 133 Å². The Hall–Kier alpha value is -4.42. The van der Waals surface area contributed by atoms with Gasteiger partial charge in [0, 0.05) is 0 Å². The molecule has 7 aromatic rings. The molecule has 0 aliphatic heterocycles. The molecular formula is C34H22. The zero-order valence-electron chi connectivity index (χ0n) is 18.7. The van der Waals surface area contributed by atoms with Crippen molar-refractivity contribution in [1.29, 1.82) is 0 Å². The molecule has 0 bridgehead atoms. The lowest BCUT2D eigenvalue weighted by Crippen LogP contribution is -1.89. The fraction of sp³-hybridized carbons (Fsp3) is 0. The SMILES string of the molecule is c1ccc2cc(-c3cccc4c(-c5ccc6ccccc6c5)c5ccccc5cc34)ccc2c1. The molecule has 7 rings (SSSR count). The third-order valence-corrected chi connectivity index (χ3v) is 7.00. The molecule has 0 unspecified atom stereocenters. The van der Waals surface area contributed by atoms with Crippen molar-refractivity contribution in [3.8, 4) is 22.3 Å². The first kappa shape index (κ1) is 19.1. The zero-order chi connectivity index (χ0) is 22.5. The quantitative estimate of drug-likeness (QED) is 0.239. The van der Waals surface area contributed by atoms with Crippen molar-refractivity contribution >= 4 is 43.1 Å². The Morgan fingerprint density at radius 1 is 0.294 bits per heavy atom. The average molecular weight is 431 g/mol. The molecule has 0 aliphatic carbocycles. The maximum atomic E-state index is 2.36. The second-order valence-corrected chi connectivity index (χ2v) is 9.00. The van der Waals surface area contributed by atoms with Crippen LogP contribution in [0.1, 0.15) is 0 Å². The van der Waals surface area contributed by atoms with E-state index >= 15 is 0 Å². The molecule has 0 aromatic heterocycles. The number of fused-ring (bicyclic) bond motifs is 4. The molecule has 0 N–H and O–H groups in total. The van der Waals surface area contributed by atoms with Gasteiger partial charge in [-0.2, -0.15) is 0 Å². The summed E-state index contributed by atoms with van der Waals surface area (Å²) in [4.78, 5) is 0. The van der Waals surface area contributed by atoms with E-state index in [0.29, 0.717) is 0 Å². The van der Waals surface area contributed by atoms with Crippen LogP contribution in [0.25, 0.3) is 65.3 Å². The molecule has 0 atom stereocenters. The molecule has 0 saturated heterocycles. The van der Waals surface area contributed by atoms with Crippen LogP contribution in [0.15, 0.2) is 133 Å². The van der Waals surface area contributed by atoms with Crippen LogP contribution in [0.3, 0.4) is 0 Å². The fourth-order valence-electron chi connectivity index (χ4n) is 5.35. The molecule has 0 radical (unpaired) electrons. The van der Waals surface area contributed by atoms with Crippen molar-refractivity contribution < 1.29 is 0 Å². The molecule has 0 heteroatoms. The van der Waals surface area contributed by atoms with Gasteiger partial charge in [-0.1, -0.05) is 115 Å². The summed E-state index contributed by atoms with van der Waals surface area (Å²) in [5.74, 6) is 0. The molecule has 0 spiro atoms. The zero-order valence-corrected chi connectivity index (χ0v) is 18.7. The normalized spacial score (nSPS) is 11.5. The predicted molar refractivity (Wildman–Crippen MR) is 147 cm³/mol. The summed E-state index contributed by atoms with van der Waals surface area (Å²) < 4.78 is 0. The standard InChI is InChI=1S/C34H22/c1-3-10-25-20-28(18-16-23(25)8-1)30-14-7-15-32-33(30)22-27-12-5-6-13-31(27)34(32)29-19-17-24-9-2-4-11-26(24)21-29/h1-22H. The van der Waals surface area contributed by atoms with Crippen LogP contribution < -0.4 is 0 Å². The van der Waals surface area contributed by atoms with Gasteiger partial charge in [0.25, 0.3) is 0 Å². The summed E-state index contributed by atoms with van der Waals surface area (Å²) in [6, 6.07) is 48.7. The maximum Gasteiger partial charge on any atom is -0.00264 e. The van der Waals surface area contributed by atoms with Crippen LogP contribution in [0.4, 0.5) is 0 Å². The molecule has 0 aliphatic rings. The smallest absolute Gasteiger partial charge is 0.00264 e. The molecule has 7 aromatic carbocycles. The van der Waals surface area contributed by atoms with E-state index in [9.17, 15) is 0 Å². The summed E-state index contributed by atoms with van der Waals surface area (Å²) in [6.07, 6.45) is 0. The highest BCUT2D eigenvalue weighted by molar-refractivity contribution is 6.16. The van der Waals surface area contributed by atoms with Crippen molar-refractivity contribution in [3.63, 3.8) is 0 Å². The highest BCUT2D eigenvalue weighted by Crippen LogP contribution is 2.41. The monoisotopic (exact) mass is 430 g/mol. The van der Waals surface area contributed by atoms with E-state index in [1.165, 1.54) is 65.3 Å². The van der Waals surface area contributed by atoms with Gasteiger partial charge in [0.1, 0.15) is 0 Å². The van der Waals surface area contributed by atoms with Gasteiger partial charge in [-0.15, -0.1) is 0 Å². The molecule has 34 heavy (non-hydrogen) atoms. The van der Waals surface area contributed by atoms with E-state index in [1.54, 1.807) is 0 Å². The van der Waals surface area contributed by atoms with Gasteiger partial charge >= 0.3 is 0 Å². The largest absolute Gasteiger partial charge is 0.0616 e. The Morgan fingerprint density at radius 3 is 1.59 bits per heavy atom. The minimum atomic E-state index is 1.25. The second-order valence-electron chi connectivity index (χ2n) is 9.00. The van der Waals surface area contributed by atoms with Crippen LogP contribution >= 0.6 is 0 Å². The first-order valence-corrected chi connectivity index (χ1v) is 11.8. The van der Waals surface area contributed by atoms with Gasteiger partial charge in [0.2, 0.25) is 0 Å². The van der Waals surface area contributed by atoms with Crippen LogP contribution in [-0.4, -0.2) is 0 Å². The lowest BCUT2D eigenvalue weighted by atomic mass is 9.88. The third kappa shape index (κ3) is 3.00. The first-order chi connectivity index (χ1) is 16.8. The van der Waals surface area contributed by atoms with Gasteiger partial charge < -0.3 is 0 Å². The van der Waals surface area contributed by atoms with E-state index in [-0.39, 0.29) is 0 Å². The summed E-state index contributed by atoms with van der Waals surface area (Å²) in [7, 11) is 0. The summed E-state index contributed by atoms with van der Waals surface area (Å²) in [5.41, 5.74) is 5.10. The Kier molecular flexibility index (Phi) is 4.25. The predicted octanol–water partition coefficient (Wildman–Crippen LogP) is 9.63. The Bertz CT molecular complexity index is 1860. The number of hydrogen-bond acceptors (Lipinski definition) is 0. The van der Waals surface area contributed by atoms with E-state index in [2.05, 4.69) is 133 Å². The number of hydrogen-bond donors (Lipinski definition) is 0. The minimum absolute atomic E-state index is 1.25. The van der Waals surface area contributed by atoms with E-state index in [0.717, 1.165) is 0 Å². The lowest BCUT2D eigenvalue weighted by molar-refractivity contribution is 1.67. The van der Waals surface area contributed by atoms with Crippen molar-refractivity contribution in [2.75, 3.05) is 0 Å². The fourth-order valence-corrected chi connectivity index (χ4v) is 5.35. The van der Waals surface area contributed by atoms with E-state index < -0.39 is 0 Å². The number of benzene rings is 7. The van der Waals surface area contributed by atoms with Crippen LogP contribution in [0.2, 0.25) is 0 Å². The van der Waals surface area contributed by atoms with Gasteiger partial charge in [0.15, 0.2) is 0 Å². The van der Waals surface area contributed by atoms with Gasteiger partial charge in [-0.3, -0.25) is 0 Å². The van der Waals surface area contributed by atoms with Crippen LogP contribution in [0.5, 0.6) is 0 Å². The minimum Gasteiger partial charge on any atom is -0.0616 e. The third-order valence-electron chi connectivity index (χ3n) is 7.00. The summed E-state index contributed by atoms with van der Waals surface area (Å²) >= 11 is 0. The molecule has 0 heterocycles. The van der Waals surface area contributed by atoms with Crippen LogP contribution in [0, 0.1) is 0 Å². The molecule has 0 saturated carbocycles. The Labute approximate surface area is 198 Å². The van der Waals surface area contributed by atoms with E-state index in [1.807, 2.05) is 0 Å². The van der Waals surface area contributed by atoms with Crippen molar-refractivity contribution in [2.24, 2.45) is 0 Å². The summed E-state index contributed by atoms with van der Waals surface area (Å²) in [5, 5.41) is 10.2. The number of rotatable bonds is 2. The molecular weight excluding hydrogens is 408 g/mol. The summed E-state index contributed by atoms with van der Waals surface area (Å²) in [6.45, 7) is 0. The van der Waals surface area contributed by atoms with Gasteiger partial charge in [-0.25, -0.2) is 0 Å².